The minimum atomic E-state index is -1.78. The van der Waals surface area contributed by atoms with Gasteiger partial charge in [-0.15, -0.1) is 0 Å². The molecule has 0 aromatic carbocycles. The molecule has 2 aliphatic rings. The highest BCUT2D eigenvalue weighted by molar-refractivity contribution is 7.98. The highest BCUT2D eigenvalue weighted by Crippen LogP contribution is 2.30. The summed E-state index contributed by atoms with van der Waals surface area (Å²) in [6, 6.07) is 0.636. The fourth-order valence-corrected chi connectivity index (χ4v) is 6.23. The van der Waals surface area contributed by atoms with Gasteiger partial charge in [0.2, 0.25) is 0 Å². The molecule has 0 spiro atoms. The summed E-state index contributed by atoms with van der Waals surface area (Å²) in [5, 5.41) is 4.08. The zero-order valence-electron chi connectivity index (χ0n) is 22.7. The first-order valence-corrected chi connectivity index (χ1v) is 14.6. The number of alkyl halides is 1. The number of amides is 1. The second-order valence-electron chi connectivity index (χ2n) is 10.6. The third-order valence-corrected chi connectivity index (χ3v) is 8.53. The molecule has 0 heterocycles. The number of hydroxylamine groups is 1. The second kappa shape index (κ2) is 16.4. The number of rotatable bonds is 16. The van der Waals surface area contributed by atoms with Crippen LogP contribution in [-0.2, 0) is 14.4 Å². The van der Waals surface area contributed by atoms with Crippen molar-refractivity contribution in [2.45, 2.75) is 126 Å². The van der Waals surface area contributed by atoms with Gasteiger partial charge in [0, 0.05) is 23.4 Å². The van der Waals surface area contributed by atoms with E-state index in [0.717, 1.165) is 38.8 Å². The third kappa shape index (κ3) is 10.8. The molecular weight excluding hydrogens is 467 g/mol. The van der Waals surface area contributed by atoms with Gasteiger partial charge in [-0.2, -0.15) is 5.48 Å². The van der Waals surface area contributed by atoms with E-state index in [0.29, 0.717) is 12.5 Å². The lowest BCUT2D eigenvalue weighted by atomic mass is 9.89. The van der Waals surface area contributed by atoms with Crippen molar-refractivity contribution in [3.63, 3.8) is 0 Å². The molecule has 3 N–H and O–H groups in total. The average Bonchev–Trinajstić information content (AvgIpc) is 2.86. The minimum Gasteiger partial charge on any atom is -0.377 e. The minimum absolute atomic E-state index is 0.108. The predicted molar refractivity (Wildman–Crippen MR) is 143 cm³/mol. The molecule has 0 aliphatic heterocycles. The largest absolute Gasteiger partial charge is 0.377 e. The zero-order valence-corrected chi connectivity index (χ0v) is 23.6. The van der Waals surface area contributed by atoms with Gasteiger partial charge in [0.25, 0.3) is 5.91 Å². The van der Waals surface area contributed by atoms with Gasteiger partial charge >= 0.3 is 0 Å². The Balaban J connectivity index is 1.90. The van der Waals surface area contributed by atoms with Crippen LogP contribution in [0.5, 0.6) is 0 Å². The Labute approximate surface area is 217 Å². The van der Waals surface area contributed by atoms with Crippen molar-refractivity contribution in [1.29, 1.82) is 0 Å². The Bertz CT molecular complexity index is 597. The maximum Gasteiger partial charge on any atom is 0.267 e. The maximum atomic E-state index is 14.9. The highest BCUT2D eigenvalue weighted by atomic mass is 32.2. The van der Waals surface area contributed by atoms with Crippen LogP contribution >= 0.6 is 11.9 Å². The summed E-state index contributed by atoms with van der Waals surface area (Å²) in [5.41, 5.74) is 1.40. The van der Waals surface area contributed by atoms with Crippen LogP contribution < -0.4 is 15.5 Å². The summed E-state index contributed by atoms with van der Waals surface area (Å²) in [6.45, 7) is 5.38. The summed E-state index contributed by atoms with van der Waals surface area (Å²) < 4.78 is 24.1. The smallest absolute Gasteiger partial charge is 0.267 e. The average molecular weight is 519 g/mol. The van der Waals surface area contributed by atoms with Gasteiger partial charge in [-0.05, 0) is 84.0 Å². The fourth-order valence-electron chi connectivity index (χ4n) is 5.21. The van der Waals surface area contributed by atoms with Crippen LogP contribution in [0.1, 0.15) is 90.9 Å². The summed E-state index contributed by atoms with van der Waals surface area (Å²) in [4.78, 5) is 20.1. The Morgan fingerprint density at radius 3 is 2.51 bits per heavy atom. The summed E-state index contributed by atoms with van der Waals surface area (Å²) in [7, 11) is 5.86. The Morgan fingerprint density at radius 1 is 1.14 bits per heavy atom. The van der Waals surface area contributed by atoms with Crippen LogP contribution in [0, 0.1) is 0 Å². The lowest BCUT2D eigenvalue weighted by Gasteiger charge is -2.39. The Kier molecular flexibility index (Phi) is 14.4. The molecule has 9 heteroatoms. The van der Waals surface area contributed by atoms with Crippen LogP contribution in [-0.4, -0.2) is 80.3 Å². The second-order valence-corrected chi connectivity index (χ2v) is 11.7. The fraction of sp³-hybridized carbons (Fsp3) is 0.962. The van der Waals surface area contributed by atoms with E-state index in [-0.39, 0.29) is 36.2 Å². The number of ether oxygens (including phenoxy) is 1. The van der Waals surface area contributed by atoms with E-state index in [2.05, 4.69) is 34.5 Å². The van der Waals surface area contributed by atoms with Crippen molar-refractivity contribution in [2.24, 2.45) is 0 Å². The molecule has 0 aromatic heterocycles. The molecule has 5 unspecified atom stereocenters. The molecule has 2 aliphatic carbocycles. The standard InChI is InChI=1S/C26H51FN4O3S/c1-6-16-26(27,7-2)25(32)30-35-22-13-14-23(24(18-22)29-33-5)28-20(15-17-31(3)4)19-34-21-11-9-8-10-12-21/h20-24,28-29H,6-19H2,1-5H3,(H,30,32). The SMILES string of the molecule is CCCC(F)(CC)C(=O)NSC1CCC(NC(CCN(C)C)COC2CCCCC2)C(NOC)C1. The number of halogens is 1. The van der Waals surface area contributed by atoms with Crippen molar-refractivity contribution >= 4 is 17.9 Å². The van der Waals surface area contributed by atoms with Crippen molar-refractivity contribution in [2.75, 3.05) is 34.4 Å². The van der Waals surface area contributed by atoms with Crippen molar-refractivity contribution in [3.05, 3.63) is 0 Å². The van der Waals surface area contributed by atoms with E-state index in [9.17, 15) is 9.18 Å². The molecular formula is C26H51FN4O3S. The lowest BCUT2D eigenvalue weighted by molar-refractivity contribution is -0.131. The van der Waals surface area contributed by atoms with Crippen molar-refractivity contribution in [3.8, 4) is 0 Å². The van der Waals surface area contributed by atoms with Crippen LogP contribution in [0.3, 0.4) is 0 Å². The monoisotopic (exact) mass is 518 g/mol. The first-order chi connectivity index (χ1) is 16.8. The topological polar surface area (TPSA) is 74.9 Å². The summed E-state index contributed by atoms with van der Waals surface area (Å²) >= 11 is 1.37. The highest BCUT2D eigenvalue weighted by Gasteiger charge is 2.37. The van der Waals surface area contributed by atoms with Gasteiger partial charge in [-0.25, -0.2) is 4.39 Å². The molecule has 5 atom stereocenters. The number of hydrogen-bond acceptors (Lipinski definition) is 7. The number of hydrogen-bond donors (Lipinski definition) is 3. The van der Waals surface area contributed by atoms with E-state index in [1.807, 2.05) is 6.92 Å². The summed E-state index contributed by atoms with van der Waals surface area (Å²) in [6.07, 6.45) is 11.5. The van der Waals surface area contributed by atoms with Gasteiger partial charge in [0.15, 0.2) is 5.67 Å². The quantitative estimate of drug-likeness (QED) is 0.207. The van der Waals surface area contributed by atoms with E-state index in [1.165, 1.54) is 44.1 Å². The molecule has 35 heavy (non-hydrogen) atoms. The van der Waals surface area contributed by atoms with Gasteiger partial charge in [0.1, 0.15) is 0 Å². The first-order valence-electron chi connectivity index (χ1n) is 13.8. The number of carbonyl (C=O) groups is 1. The van der Waals surface area contributed by atoms with Crippen LogP contribution in [0.15, 0.2) is 0 Å². The third-order valence-electron chi connectivity index (χ3n) is 7.46. The normalized spacial score (nSPS) is 26.4. The molecule has 2 fully saturated rings. The van der Waals surface area contributed by atoms with Crippen molar-refractivity contribution < 1.29 is 18.8 Å². The van der Waals surface area contributed by atoms with E-state index < -0.39 is 11.6 Å². The summed E-state index contributed by atoms with van der Waals surface area (Å²) in [5.74, 6) is -0.494. The molecule has 7 nitrogen and oxygen atoms in total. The van der Waals surface area contributed by atoms with E-state index in [4.69, 9.17) is 9.57 Å². The van der Waals surface area contributed by atoms with E-state index in [1.54, 1.807) is 14.0 Å². The molecule has 2 rings (SSSR count). The first kappa shape index (κ1) is 30.8. The van der Waals surface area contributed by atoms with Gasteiger partial charge < -0.3 is 19.8 Å². The van der Waals surface area contributed by atoms with Crippen LogP contribution in [0.25, 0.3) is 0 Å². The van der Waals surface area contributed by atoms with Crippen LogP contribution in [0.4, 0.5) is 4.39 Å². The Morgan fingerprint density at radius 2 is 1.89 bits per heavy atom. The molecule has 0 aromatic rings. The number of nitrogens with one attached hydrogen (secondary N) is 3. The molecule has 0 saturated heterocycles. The lowest BCUT2D eigenvalue weighted by Crippen LogP contribution is -2.56. The molecule has 206 valence electrons. The maximum absolute atomic E-state index is 14.9. The Hall–Kier alpha value is -0.450. The molecule has 0 radical (unpaired) electrons. The van der Waals surface area contributed by atoms with Gasteiger partial charge in [-0.1, -0.05) is 39.5 Å². The number of nitrogens with zero attached hydrogens (tertiary/aromatic N) is 1. The van der Waals surface area contributed by atoms with Gasteiger partial charge in [0.05, 0.1) is 19.8 Å². The molecule has 1 amide bonds. The predicted octanol–water partition coefficient (Wildman–Crippen LogP) is 4.37. The molecule has 2 saturated carbocycles. The zero-order chi connectivity index (χ0) is 25.7. The van der Waals surface area contributed by atoms with Crippen molar-refractivity contribution in [1.82, 2.24) is 20.4 Å². The van der Waals surface area contributed by atoms with Crippen LogP contribution in [0.2, 0.25) is 0 Å². The van der Waals surface area contributed by atoms with Gasteiger partial charge in [-0.3, -0.25) is 9.52 Å². The van der Waals surface area contributed by atoms with E-state index >= 15 is 0 Å². The number of carbonyl (C=O) groups excluding carboxylic acids is 1. The molecule has 0 bridgehead atoms.